The molecule has 0 aromatic carbocycles. The van der Waals surface area contributed by atoms with Crippen molar-refractivity contribution in [2.75, 3.05) is 0 Å². The van der Waals surface area contributed by atoms with Crippen molar-refractivity contribution >= 4 is 0 Å². The van der Waals surface area contributed by atoms with E-state index in [4.69, 9.17) is 5.11 Å². The zero-order valence-corrected chi connectivity index (χ0v) is 8.48. The third kappa shape index (κ3) is 1.96. The monoisotopic (exact) mass is 195 g/mol. The number of nitrogens with one attached hydrogen (secondary N) is 1. The molecular formula is C10H17N3O. The molecule has 0 bridgehead atoms. The maximum Gasteiger partial charge on any atom is 0.0570 e. The maximum atomic E-state index is 9.12. The lowest BCUT2D eigenvalue weighted by Gasteiger charge is -2.32. The zero-order valence-electron chi connectivity index (χ0n) is 8.48. The minimum atomic E-state index is -0.0800. The molecule has 1 aromatic heterocycles. The summed E-state index contributed by atoms with van der Waals surface area (Å²) in [4.78, 5) is 0. The first kappa shape index (κ1) is 9.68. The predicted molar refractivity (Wildman–Crippen MR) is 53.8 cm³/mol. The smallest absolute Gasteiger partial charge is 0.0570 e. The van der Waals surface area contributed by atoms with E-state index in [-0.39, 0.29) is 6.10 Å². The molecule has 78 valence electrons. The van der Waals surface area contributed by atoms with Crippen molar-refractivity contribution in [3.05, 3.63) is 18.0 Å². The van der Waals surface area contributed by atoms with E-state index < -0.39 is 0 Å². The van der Waals surface area contributed by atoms with Crippen molar-refractivity contribution < 1.29 is 5.11 Å². The molecular weight excluding hydrogens is 178 g/mol. The molecule has 0 saturated heterocycles. The summed E-state index contributed by atoms with van der Waals surface area (Å²) in [5.41, 5.74) is 1.22. The molecule has 1 aliphatic rings. The lowest BCUT2D eigenvalue weighted by Crippen LogP contribution is -2.43. The van der Waals surface area contributed by atoms with E-state index in [1.807, 2.05) is 16.9 Å². The van der Waals surface area contributed by atoms with Crippen LogP contribution in [0.25, 0.3) is 0 Å². The van der Waals surface area contributed by atoms with E-state index in [2.05, 4.69) is 17.3 Å². The van der Waals surface area contributed by atoms with Gasteiger partial charge in [0, 0.05) is 25.3 Å². The predicted octanol–water partition coefficient (Wildman–Crippen LogP) is 0.516. The Morgan fingerprint density at radius 2 is 2.43 bits per heavy atom. The summed E-state index contributed by atoms with van der Waals surface area (Å²) in [7, 11) is 0. The minimum Gasteiger partial charge on any atom is -0.393 e. The van der Waals surface area contributed by atoms with Crippen LogP contribution in [0.5, 0.6) is 0 Å². The van der Waals surface area contributed by atoms with Crippen molar-refractivity contribution in [1.29, 1.82) is 0 Å². The topological polar surface area (TPSA) is 50.1 Å². The number of aliphatic hydroxyl groups is 1. The van der Waals surface area contributed by atoms with Gasteiger partial charge in [-0.2, -0.15) is 5.10 Å². The van der Waals surface area contributed by atoms with E-state index in [1.54, 1.807) is 0 Å². The normalized spacial score (nSPS) is 26.1. The highest BCUT2D eigenvalue weighted by atomic mass is 16.3. The van der Waals surface area contributed by atoms with Gasteiger partial charge in [-0.1, -0.05) is 0 Å². The minimum absolute atomic E-state index is 0.0800. The van der Waals surface area contributed by atoms with Crippen LogP contribution in [0.1, 0.15) is 25.5 Å². The van der Waals surface area contributed by atoms with Crippen LogP contribution in [0.2, 0.25) is 0 Å². The fraction of sp³-hybridized carbons (Fsp3) is 0.700. The van der Waals surface area contributed by atoms with Gasteiger partial charge in [0.1, 0.15) is 0 Å². The van der Waals surface area contributed by atoms with Gasteiger partial charge in [0.25, 0.3) is 0 Å². The summed E-state index contributed by atoms with van der Waals surface area (Å²) in [6, 6.07) is 2.52. The molecule has 4 heteroatoms. The summed E-state index contributed by atoms with van der Waals surface area (Å²) >= 11 is 0. The Kier molecular flexibility index (Phi) is 2.84. The number of aromatic nitrogens is 2. The van der Waals surface area contributed by atoms with E-state index in [9.17, 15) is 0 Å². The van der Waals surface area contributed by atoms with Crippen molar-refractivity contribution in [1.82, 2.24) is 15.1 Å². The van der Waals surface area contributed by atoms with E-state index in [0.29, 0.717) is 6.04 Å². The molecule has 0 atom stereocenters. The fourth-order valence-corrected chi connectivity index (χ4v) is 1.80. The number of nitrogens with zero attached hydrogens (tertiary/aromatic N) is 2. The lowest BCUT2D eigenvalue weighted by molar-refractivity contribution is 0.0616. The Bertz CT molecular complexity index is 291. The van der Waals surface area contributed by atoms with E-state index >= 15 is 0 Å². The number of aryl methyl sites for hydroxylation is 1. The van der Waals surface area contributed by atoms with Gasteiger partial charge in [-0.25, -0.2) is 0 Å². The summed E-state index contributed by atoms with van der Waals surface area (Å²) in [5.74, 6) is 0. The first-order valence-electron chi connectivity index (χ1n) is 5.21. The zero-order chi connectivity index (χ0) is 9.97. The van der Waals surface area contributed by atoms with Crippen LogP contribution < -0.4 is 5.32 Å². The van der Waals surface area contributed by atoms with E-state index in [0.717, 1.165) is 25.9 Å². The average molecular weight is 195 g/mol. The van der Waals surface area contributed by atoms with Gasteiger partial charge in [0.2, 0.25) is 0 Å². The number of hydrogen-bond acceptors (Lipinski definition) is 3. The first-order valence-corrected chi connectivity index (χ1v) is 5.21. The molecule has 2 rings (SSSR count). The maximum absolute atomic E-state index is 9.12. The summed E-state index contributed by atoms with van der Waals surface area (Å²) in [6.45, 7) is 3.85. The van der Waals surface area contributed by atoms with Crippen LogP contribution in [0.15, 0.2) is 12.3 Å². The van der Waals surface area contributed by atoms with Gasteiger partial charge in [0.05, 0.1) is 11.8 Å². The van der Waals surface area contributed by atoms with Crippen LogP contribution in [-0.2, 0) is 13.1 Å². The molecule has 0 unspecified atom stereocenters. The number of hydrogen-bond donors (Lipinski definition) is 2. The molecule has 4 nitrogen and oxygen atoms in total. The van der Waals surface area contributed by atoms with Gasteiger partial charge in [-0.3, -0.25) is 4.68 Å². The molecule has 0 amide bonds. The van der Waals surface area contributed by atoms with Crippen molar-refractivity contribution in [2.24, 2.45) is 0 Å². The first-order chi connectivity index (χ1) is 6.79. The molecule has 1 aromatic rings. The average Bonchev–Trinajstić information content (AvgIpc) is 2.57. The summed E-state index contributed by atoms with van der Waals surface area (Å²) < 4.78 is 1.99. The van der Waals surface area contributed by atoms with Gasteiger partial charge >= 0.3 is 0 Å². The van der Waals surface area contributed by atoms with Crippen molar-refractivity contribution in [3.8, 4) is 0 Å². The van der Waals surface area contributed by atoms with Crippen LogP contribution in [-0.4, -0.2) is 27.0 Å². The van der Waals surface area contributed by atoms with Crippen LogP contribution in [0, 0.1) is 0 Å². The van der Waals surface area contributed by atoms with Gasteiger partial charge < -0.3 is 10.4 Å². The van der Waals surface area contributed by atoms with Crippen molar-refractivity contribution in [3.63, 3.8) is 0 Å². The van der Waals surface area contributed by atoms with Crippen LogP contribution in [0.4, 0.5) is 0 Å². The second kappa shape index (κ2) is 4.11. The number of rotatable bonds is 4. The molecule has 0 spiro atoms. The van der Waals surface area contributed by atoms with Crippen molar-refractivity contribution in [2.45, 2.75) is 45.0 Å². The quantitative estimate of drug-likeness (QED) is 0.736. The molecule has 1 fully saturated rings. The molecule has 1 aliphatic carbocycles. The fourth-order valence-electron chi connectivity index (χ4n) is 1.80. The summed E-state index contributed by atoms with van der Waals surface area (Å²) in [5, 5.41) is 16.7. The molecule has 2 N–H and O–H groups in total. The SMILES string of the molecule is CCn1nccc1CNC1CC(O)C1. The third-order valence-corrected chi connectivity index (χ3v) is 2.79. The van der Waals surface area contributed by atoms with Gasteiger partial charge in [-0.05, 0) is 25.8 Å². The number of aliphatic hydroxyl groups excluding tert-OH is 1. The highest BCUT2D eigenvalue weighted by Gasteiger charge is 2.26. The highest BCUT2D eigenvalue weighted by molar-refractivity contribution is 5.01. The van der Waals surface area contributed by atoms with Gasteiger partial charge in [0.15, 0.2) is 0 Å². The Morgan fingerprint density at radius 1 is 1.64 bits per heavy atom. The molecule has 1 heterocycles. The van der Waals surface area contributed by atoms with Crippen LogP contribution in [0.3, 0.4) is 0 Å². The molecule has 0 aliphatic heterocycles. The second-order valence-corrected chi connectivity index (χ2v) is 3.84. The molecule has 1 saturated carbocycles. The standard InChI is InChI=1S/C10H17N3O/c1-2-13-9(3-4-12-13)7-11-8-5-10(14)6-8/h3-4,8,10-11,14H,2,5-7H2,1H3. The Balaban J connectivity index is 1.80. The molecule has 0 radical (unpaired) electrons. The Hall–Kier alpha value is -0.870. The Labute approximate surface area is 83.9 Å². The molecule has 14 heavy (non-hydrogen) atoms. The van der Waals surface area contributed by atoms with E-state index in [1.165, 1.54) is 5.69 Å². The Morgan fingerprint density at radius 3 is 3.07 bits per heavy atom. The van der Waals surface area contributed by atoms with Gasteiger partial charge in [-0.15, -0.1) is 0 Å². The lowest BCUT2D eigenvalue weighted by atomic mass is 9.89. The van der Waals surface area contributed by atoms with Crippen LogP contribution >= 0.6 is 0 Å². The summed E-state index contributed by atoms with van der Waals surface area (Å²) in [6.07, 6.45) is 3.53. The second-order valence-electron chi connectivity index (χ2n) is 3.84. The third-order valence-electron chi connectivity index (χ3n) is 2.79. The highest BCUT2D eigenvalue weighted by Crippen LogP contribution is 2.19. The largest absolute Gasteiger partial charge is 0.393 e.